The van der Waals surface area contributed by atoms with Crippen molar-refractivity contribution in [3.8, 4) is 0 Å². The highest BCUT2D eigenvalue weighted by Gasteiger charge is 2.16. The molecule has 2 rings (SSSR count). The normalized spacial score (nSPS) is 10.7. The lowest BCUT2D eigenvalue weighted by Gasteiger charge is -2.09. The van der Waals surface area contributed by atoms with Gasteiger partial charge in [0.2, 0.25) is 0 Å². The zero-order chi connectivity index (χ0) is 13.3. The number of halogens is 2. The monoisotopic (exact) mass is 327 g/mol. The van der Waals surface area contributed by atoms with Crippen molar-refractivity contribution < 1.29 is 9.53 Å². The van der Waals surface area contributed by atoms with Crippen LogP contribution in [0.3, 0.4) is 0 Å². The van der Waals surface area contributed by atoms with Gasteiger partial charge in [-0.3, -0.25) is 4.98 Å². The number of pyridine rings is 1. The van der Waals surface area contributed by atoms with E-state index >= 15 is 0 Å². The van der Waals surface area contributed by atoms with Gasteiger partial charge in [0.05, 0.1) is 22.7 Å². The van der Waals surface area contributed by atoms with E-state index in [4.69, 9.17) is 16.3 Å². The quantitative estimate of drug-likeness (QED) is 0.778. The van der Waals surface area contributed by atoms with Crippen LogP contribution in [0, 0.1) is 6.92 Å². The molecule has 0 fully saturated rings. The second-order valence-corrected chi connectivity index (χ2v) is 5.01. The summed E-state index contributed by atoms with van der Waals surface area (Å²) in [6.07, 6.45) is 1.46. The summed E-state index contributed by atoms with van der Waals surface area (Å²) in [6.45, 7) is 4.01. The smallest absolute Gasteiger partial charge is 0.341 e. The van der Waals surface area contributed by atoms with Gasteiger partial charge < -0.3 is 4.74 Å². The van der Waals surface area contributed by atoms with E-state index in [0.29, 0.717) is 17.2 Å². The number of carbonyl (C=O) groups is 1. The summed E-state index contributed by atoms with van der Waals surface area (Å²) in [5, 5.41) is 1.14. The van der Waals surface area contributed by atoms with Gasteiger partial charge in [0.15, 0.2) is 0 Å². The fraction of sp³-hybridized carbons (Fsp3) is 0.231. The number of rotatable bonds is 2. The lowest BCUT2D eigenvalue weighted by atomic mass is 10.1. The molecule has 1 heterocycles. The molecule has 0 radical (unpaired) electrons. The summed E-state index contributed by atoms with van der Waals surface area (Å²) < 4.78 is 5.90. The van der Waals surface area contributed by atoms with Crippen molar-refractivity contribution in [2.45, 2.75) is 13.8 Å². The highest BCUT2D eigenvalue weighted by molar-refractivity contribution is 9.10. The van der Waals surface area contributed by atoms with Crippen molar-refractivity contribution in [3.63, 3.8) is 0 Å². The molecule has 0 bridgehead atoms. The van der Waals surface area contributed by atoms with Crippen molar-refractivity contribution in [1.82, 2.24) is 4.98 Å². The minimum absolute atomic E-state index is 0.299. The van der Waals surface area contributed by atoms with Crippen LogP contribution in [0.25, 0.3) is 10.9 Å². The van der Waals surface area contributed by atoms with Crippen molar-refractivity contribution in [2.24, 2.45) is 0 Å². The van der Waals surface area contributed by atoms with Crippen LogP contribution in [0.2, 0.25) is 5.02 Å². The number of aryl methyl sites for hydroxylation is 1. The molecule has 3 nitrogen and oxygen atoms in total. The van der Waals surface area contributed by atoms with Crippen LogP contribution < -0.4 is 0 Å². The summed E-state index contributed by atoms with van der Waals surface area (Å²) in [4.78, 5) is 16.0. The van der Waals surface area contributed by atoms with Gasteiger partial charge in [-0.05, 0) is 25.5 Å². The number of benzene rings is 1. The molecule has 0 aliphatic heterocycles. The van der Waals surface area contributed by atoms with E-state index in [2.05, 4.69) is 20.9 Å². The summed E-state index contributed by atoms with van der Waals surface area (Å²) >= 11 is 9.68. The molecule has 2 aromatic rings. The third-order valence-electron chi connectivity index (χ3n) is 2.66. The average molecular weight is 329 g/mol. The Kier molecular flexibility index (Phi) is 3.88. The summed E-state index contributed by atoms with van der Waals surface area (Å²) in [5.74, 6) is -0.447. The van der Waals surface area contributed by atoms with Crippen molar-refractivity contribution in [1.29, 1.82) is 0 Å². The Morgan fingerprint density at radius 3 is 2.89 bits per heavy atom. The molecule has 0 aliphatic carbocycles. The first kappa shape index (κ1) is 13.3. The van der Waals surface area contributed by atoms with Gasteiger partial charge in [-0.25, -0.2) is 4.79 Å². The van der Waals surface area contributed by atoms with Gasteiger partial charge >= 0.3 is 5.97 Å². The Balaban J connectivity index is 2.65. The Morgan fingerprint density at radius 1 is 1.50 bits per heavy atom. The predicted molar refractivity (Wildman–Crippen MR) is 75.1 cm³/mol. The molecule has 5 heteroatoms. The summed E-state index contributed by atoms with van der Waals surface area (Å²) in [7, 11) is 0. The lowest BCUT2D eigenvalue weighted by molar-refractivity contribution is 0.0526. The van der Waals surface area contributed by atoms with Crippen LogP contribution >= 0.6 is 27.5 Å². The van der Waals surface area contributed by atoms with Gasteiger partial charge in [0, 0.05) is 16.1 Å². The largest absolute Gasteiger partial charge is 0.462 e. The Bertz CT molecular complexity index is 628. The van der Waals surface area contributed by atoms with Crippen LogP contribution in [-0.2, 0) is 4.74 Å². The number of fused-ring (bicyclic) bond motifs is 1. The SMILES string of the molecule is CCOC(=O)c1cnc2c(C)c(Br)ccc2c1Cl. The molecule has 0 saturated heterocycles. The molecule has 94 valence electrons. The van der Waals surface area contributed by atoms with Crippen LogP contribution in [0.1, 0.15) is 22.8 Å². The van der Waals surface area contributed by atoms with Crippen molar-refractivity contribution >= 4 is 44.4 Å². The van der Waals surface area contributed by atoms with Gasteiger partial charge in [-0.15, -0.1) is 0 Å². The van der Waals surface area contributed by atoms with E-state index in [9.17, 15) is 4.79 Å². The van der Waals surface area contributed by atoms with Crippen molar-refractivity contribution in [3.05, 3.63) is 39.0 Å². The first-order chi connectivity index (χ1) is 8.56. The molecule has 0 N–H and O–H groups in total. The van der Waals surface area contributed by atoms with Gasteiger partial charge in [0.25, 0.3) is 0 Å². The molecule has 0 aliphatic rings. The number of hydrogen-bond acceptors (Lipinski definition) is 3. The zero-order valence-electron chi connectivity index (χ0n) is 9.96. The first-order valence-corrected chi connectivity index (χ1v) is 6.63. The molecule has 0 spiro atoms. The van der Waals surface area contributed by atoms with Crippen LogP contribution in [0.4, 0.5) is 0 Å². The zero-order valence-corrected chi connectivity index (χ0v) is 12.3. The maximum atomic E-state index is 11.7. The minimum atomic E-state index is -0.447. The molecule has 0 unspecified atom stereocenters. The first-order valence-electron chi connectivity index (χ1n) is 5.46. The minimum Gasteiger partial charge on any atom is -0.462 e. The van der Waals surface area contributed by atoms with Crippen LogP contribution in [0.15, 0.2) is 22.8 Å². The molecule has 1 aromatic heterocycles. The molecule has 0 atom stereocenters. The number of carbonyl (C=O) groups excluding carboxylic acids is 1. The van der Waals surface area contributed by atoms with Crippen LogP contribution in [-0.4, -0.2) is 17.6 Å². The average Bonchev–Trinajstić information content (AvgIpc) is 2.34. The van der Waals surface area contributed by atoms with Gasteiger partial charge in [-0.1, -0.05) is 33.6 Å². The summed E-state index contributed by atoms with van der Waals surface area (Å²) in [5.41, 5.74) is 2.07. The Labute approximate surface area is 118 Å². The maximum absolute atomic E-state index is 11.7. The van der Waals surface area contributed by atoms with E-state index in [0.717, 1.165) is 20.9 Å². The summed E-state index contributed by atoms with van der Waals surface area (Å²) in [6, 6.07) is 3.73. The molecule has 0 saturated carbocycles. The predicted octanol–water partition coefficient (Wildman–Crippen LogP) is 4.14. The van der Waals surface area contributed by atoms with E-state index < -0.39 is 5.97 Å². The molecule has 0 amide bonds. The number of ether oxygens (including phenoxy) is 1. The highest BCUT2D eigenvalue weighted by atomic mass is 79.9. The standard InChI is InChI=1S/C13H11BrClNO2/c1-3-18-13(17)9-6-16-12-7(2)10(14)5-4-8(12)11(9)15/h4-6H,3H2,1-2H3. The second-order valence-electron chi connectivity index (χ2n) is 3.77. The number of esters is 1. The number of hydrogen-bond donors (Lipinski definition) is 0. The Hall–Kier alpha value is -1.13. The van der Waals surface area contributed by atoms with E-state index in [-0.39, 0.29) is 0 Å². The van der Waals surface area contributed by atoms with E-state index in [1.165, 1.54) is 6.20 Å². The maximum Gasteiger partial charge on any atom is 0.341 e. The number of nitrogens with zero attached hydrogens (tertiary/aromatic N) is 1. The molecule has 1 aromatic carbocycles. The molecular formula is C13H11BrClNO2. The second kappa shape index (κ2) is 5.24. The topological polar surface area (TPSA) is 39.2 Å². The third-order valence-corrected chi connectivity index (χ3v) is 3.92. The van der Waals surface area contributed by atoms with E-state index in [1.807, 2.05) is 19.1 Å². The highest BCUT2D eigenvalue weighted by Crippen LogP contribution is 2.31. The van der Waals surface area contributed by atoms with Gasteiger partial charge in [0.1, 0.15) is 0 Å². The van der Waals surface area contributed by atoms with Gasteiger partial charge in [-0.2, -0.15) is 0 Å². The van der Waals surface area contributed by atoms with Crippen LogP contribution in [0.5, 0.6) is 0 Å². The van der Waals surface area contributed by atoms with Crippen molar-refractivity contribution in [2.75, 3.05) is 6.61 Å². The fourth-order valence-corrected chi connectivity index (χ4v) is 2.30. The molecule has 18 heavy (non-hydrogen) atoms. The lowest BCUT2D eigenvalue weighted by Crippen LogP contribution is -2.06. The Morgan fingerprint density at radius 2 is 2.22 bits per heavy atom. The fourth-order valence-electron chi connectivity index (χ4n) is 1.70. The van der Waals surface area contributed by atoms with E-state index in [1.54, 1.807) is 6.92 Å². The third kappa shape index (κ3) is 2.22. The number of aromatic nitrogens is 1. The molecular weight excluding hydrogens is 318 g/mol.